The van der Waals surface area contributed by atoms with Gasteiger partial charge in [-0.3, -0.25) is 9.59 Å². The van der Waals surface area contributed by atoms with Crippen LogP contribution >= 0.6 is 0 Å². The van der Waals surface area contributed by atoms with Gasteiger partial charge >= 0.3 is 0 Å². The highest BCUT2D eigenvalue weighted by molar-refractivity contribution is 6.20. The Morgan fingerprint density at radius 3 is 2.57 bits per heavy atom. The lowest BCUT2D eigenvalue weighted by Gasteiger charge is -2.26. The summed E-state index contributed by atoms with van der Waals surface area (Å²) in [5.74, 6) is -0.101. The van der Waals surface area contributed by atoms with Crippen LogP contribution in [0.2, 0.25) is 0 Å². The first-order valence-corrected chi connectivity index (χ1v) is 4.82. The minimum Gasteiger partial charge on any atom is -0.373 e. The number of hydrogen-bond acceptors (Lipinski definition) is 3. The van der Waals surface area contributed by atoms with Crippen molar-refractivity contribution in [3.63, 3.8) is 0 Å². The number of rotatable bonds is 1. The Kier molecular flexibility index (Phi) is 2.33. The maximum Gasteiger partial charge on any atom is 0.184 e. The third-order valence-corrected chi connectivity index (χ3v) is 2.70. The molecule has 0 amide bonds. The van der Waals surface area contributed by atoms with Gasteiger partial charge in [-0.05, 0) is 18.6 Å². The molecule has 14 heavy (non-hydrogen) atoms. The molecule has 1 atom stereocenters. The lowest BCUT2D eigenvalue weighted by atomic mass is 9.89. The number of ether oxygens (including phenoxy) is 1. The number of carbonyl (C=O) groups is 2. The number of hydrogen-bond donors (Lipinski definition) is 0. The van der Waals surface area contributed by atoms with Crippen LogP contribution in [0.3, 0.4) is 0 Å². The Balaban J connectivity index is 2.30. The van der Waals surface area contributed by atoms with E-state index >= 15 is 0 Å². The predicted molar refractivity (Wildman–Crippen MR) is 50.8 cm³/mol. The summed E-state index contributed by atoms with van der Waals surface area (Å²) in [4.78, 5) is 22.9. The zero-order valence-corrected chi connectivity index (χ0v) is 8.08. The molecule has 0 saturated carbocycles. The van der Waals surface area contributed by atoms with E-state index in [1.807, 2.05) is 6.92 Å². The average Bonchev–Trinajstić information content (AvgIpc) is 2.23. The lowest BCUT2D eigenvalue weighted by Crippen LogP contribution is -2.29. The van der Waals surface area contributed by atoms with Crippen LogP contribution in [0.25, 0.3) is 0 Å². The van der Waals surface area contributed by atoms with Crippen molar-refractivity contribution in [2.24, 2.45) is 0 Å². The predicted octanol–water partition coefficient (Wildman–Crippen LogP) is 1.19. The third kappa shape index (κ3) is 1.44. The highest BCUT2D eigenvalue weighted by Crippen LogP contribution is 2.26. The second-order valence-corrected chi connectivity index (χ2v) is 3.56. The number of ketones is 2. The van der Waals surface area contributed by atoms with E-state index in [0.29, 0.717) is 24.2 Å². The van der Waals surface area contributed by atoms with Crippen molar-refractivity contribution < 1.29 is 14.3 Å². The Hall–Kier alpha value is -1.22. The van der Waals surface area contributed by atoms with E-state index in [-0.39, 0.29) is 17.7 Å². The Labute approximate surface area is 82.4 Å². The molecular formula is C11H12O3. The van der Waals surface area contributed by atoms with Gasteiger partial charge in [-0.1, -0.05) is 6.92 Å². The second-order valence-electron chi connectivity index (χ2n) is 3.56. The van der Waals surface area contributed by atoms with Gasteiger partial charge in [0, 0.05) is 17.6 Å². The summed E-state index contributed by atoms with van der Waals surface area (Å²) in [5, 5.41) is 0. The van der Waals surface area contributed by atoms with Crippen molar-refractivity contribution >= 4 is 11.6 Å². The highest BCUT2D eigenvalue weighted by atomic mass is 16.5. The molecule has 0 bridgehead atoms. The van der Waals surface area contributed by atoms with Gasteiger partial charge in [0.25, 0.3) is 0 Å². The molecule has 0 saturated heterocycles. The van der Waals surface area contributed by atoms with Crippen molar-refractivity contribution in [3.05, 3.63) is 23.3 Å². The summed E-state index contributed by atoms with van der Waals surface area (Å²) in [7, 11) is 0. The molecule has 0 N–H and O–H groups in total. The first kappa shape index (κ1) is 9.34. The molecule has 2 rings (SSSR count). The van der Waals surface area contributed by atoms with Crippen LogP contribution in [0, 0.1) is 0 Å². The molecule has 2 aliphatic rings. The molecular weight excluding hydrogens is 180 g/mol. The fourth-order valence-electron chi connectivity index (χ4n) is 1.78. The van der Waals surface area contributed by atoms with E-state index in [9.17, 15) is 9.59 Å². The quantitative estimate of drug-likeness (QED) is 0.586. The van der Waals surface area contributed by atoms with Gasteiger partial charge in [0.2, 0.25) is 0 Å². The number of carbonyl (C=O) groups excluding carboxylic acids is 2. The summed E-state index contributed by atoms with van der Waals surface area (Å²) < 4.78 is 5.45. The lowest BCUT2D eigenvalue weighted by molar-refractivity contribution is -0.117. The van der Waals surface area contributed by atoms with E-state index in [4.69, 9.17) is 4.74 Å². The van der Waals surface area contributed by atoms with Crippen LogP contribution in [0.1, 0.15) is 19.8 Å². The van der Waals surface area contributed by atoms with Crippen LogP contribution in [-0.2, 0) is 14.3 Å². The van der Waals surface area contributed by atoms with Gasteiger partial charge in [0.1, 0.15) is 0 Å². The summed E-state index contributed by atoms with van der Waals surface area (Å²) >= 11 is 0. The molecule has 1 unspecified atom stereocenters. The zero-order valence-electron chi connectivity index (χ0n) is 8.08. The van der Waals surface area contributed by atoms with Crippen molar-refractivity contribution in [2.45, 2.75) is 25.9 Å². The van der Waals surface area contributed by atoms with Crippen LogP contribution < -0.4 is 0 Å². The first-order valence-electron chi connectivity index (χ1n) is 4.82. The average molecular weight is 192 g/mol. The standard InChI is InChI=1S/C11H12O3/c1-2-7-5-8-9(6-14-7)11(13)4-3-10(8)12/h3-4,7H,2,5-6H2,1H3. The molecule has 1 heterocycles. The molecule has 0 fully saturated rings. The number of allylic oxidation sites excluding steroid dienone is 2. The fraction of sp³-hybridized carbons (Fsp3) is 0.455. The van der Waals surface area contributed by atoms with Gasteiger partial charge in [0.05, 0.1) is 12.7 Å². The van der Waals surface area contributed by atoms with Crippen LogP contribution in [-0.4, -0.2) is 24.3 Å². The maximum atomic E-state index is 11.5. The zero-order chi connectivity index (χ0) is 10.1. The van der Waals surface area contributed by atoms with Crippen LogP contribution in [0.15, 0.2) is 23.3 Å². The largest absolute Gasteiger partial charge is 0.373 e. The third-order valence-electron chi connectivity index (χ3n) is 2.70. The van der Waals surface area contributed by atoms with Gasteiger partial charge in [-0.2, -0.15) is 0 Å². The molecule has 3 nitrogen and oxygen atoms in total. The summed E-state index contributed by atoms with van der Waals surface area (Å²) in [6.45, 7) is 2.31. The van der Waals surface area contributed by atoms with E-state index in [2.05, 4.69) is 0 Å². The van der Waals surface area contributed by atoms with Crippen molar-refractivity contribution in [2.75, 3.05) is 6.61 Å². The molecule has 0 spiro atoms. The monoisotopic (exact) mass is 192 g/mol. The molecule has 0 aromatic rings. The van der Waals surface area contributed by atoms with Crippen molar-refractivity contribution in [1.29, 1.82) is 0 Å². The maximum absolute atomic E-state index is 11.5. The van der Waals surface area contributed by atoms with E-state index in [1.165, 1.54) is 12.2 Å². The van der Waals surface area contributed by atoms with E-state index in [0.717, 1.165) is 6.42 Å². The van der Waals surface area contributed by atoms with Crippen molar-refractivity contribution in [3.8, 4) is 0 Å². The van der Waals surface area contributed by atoms with Gasteiger partial charge in [-0.25, -0.2) is 0 Å². The second kappa shape index (κ2) is 3.50. The van der Waals surface area contributed by atoms with Crippen LogP contribution in [0.4, 0.5) is 0 Å². The van der Waals surface area contributed by atoms with Crippen molar-refractivity contribution in [1.82, 2.24) is 0 Å². The molecule has 1 aliphatic heterocycles. The van der Waals surface area contributed by atoms with Gasteiger partial charge in [0.15, 0.2) is 11.6 Å². The summed E-state index contributed by atoms with van der Waals surface area (Å²) in [6.07, 6.45) is 4.25. The minimum atomic E-state index is -0.0749. The SMILES string of the molecule is CCC1CC2=C(CO1)C(=O)C=CC2=O. The van der Waals surface area contributed by atoms with Gasteiger partial charge in [-0.15, -0.1) is 0 Å². The Bertz CT molecular complexity index is 350. The first-order chi connectivity index (χ1) is 6.72. The molecule has 3 heteroatoms. The topological polar surface area (TPSA) is 43.4 Å². The summed E-state index contributed by atoms with van der Waals surface area (Å²) in [6, 6.07) is 0. The van der Waals surface area contributed by atoms with E-state index < -0.39 is 0 Å². The smallest absolute Gasteiger partial charge is 0.184 e. The molecule has 74 valence electrons. The van der Waals surface area contributed by atoms with E-state index in [1.54, 1.807) is 0 Å². The molecule has 0 radical (unpaired) electrons. The Morgan fingerprint density at radius 2 is 1.93 bits per heavy atom. The van der Waals surface area contributed by atoms with Crippen LogP contribution in [0.5, 0.6) is 0 Å². The molecule has 1 aliphatic carbocycles. The Morgan fingerprint density at radius 1 is 1.29 bits per heavy atom. The fourth-order valence-corrected chi connectivity index (χ4v) is 1.78. The molecule has 0 aromatic carbocycles. The minimum absolute atomic E-state index is 0.0265. The van der Waals surface area contributed by atoms with Gasteiger partial charge < -0.3 is 4.74 Å². The molecule has 0 aromatic heterocycles. The normalized spacial score (nSPS) is 26.8. The highest BCUT2D eigenvalue weighted by Gasteiger charge is 2.29. The summed E-state index contributed by atoms with van der Waals surface area (Å²) in [5.41, 5.74) is 1.22.